The molecule has 0 aliphatic heterocycles. The number of ether oxygens (including phenoxy) is 2. The van der Waals surface area contributed by atoms with E-state index in [1.165, 1.54) is 0 Å². The fraction of sp³-hybridized carbons (Fsp3) is 0.625. The Kier molecular flexibility index (Phi) is 7.84. The van der Waals surface area contributed by atoms with Crippen LogP contribution in [0.25, 0.3) is 0 Å². The number of hydrogen-bond acceptors (Lipinski definition) is 6. The summed E-state index contributed by atoms with van der Waals surface area (Å²) in [6, 6.07) is 3.74. The summed E-state index contributed by atoms with van der Waals surface area (Å²) in [5, 5.41) is 24.9. The summed E-state index contributed by atoms with van der Waals surface area (Å²) in [6.07, 6.45) is 0. The zero-order valence-electron chi connectivity index (χ0n) is 13.8. The van der Waals surface area contributed by atoms with E-state index >= 15 is 0 Å². The Balaban J connectivity index is 2.97. The van der Waals surface area contributed by atoms with Gasteiger partial charge in [0.25, 0.3) is 0 Å². The van der Waals surface area contributed by atoms with Crippen LogP contribution in [0.2, 0.25) is 0 Å². The lowest BCUT2D eigenvalue weighted by molar-refractivity contribution is 0.243. The van der Waals surface area contributed by atoms with Gasteiger partial charge in [-0.2, -0.15) is 0 Å². The summed E-state index contributed by atoms with van der Waals surface area (Å²) < 4.78 is 10.7. The Hall–Kier alpha value is -1.66. The van der Waals surface area contributed by atoms with Crippen LogP contribution >= 0.6 is 0 Å². The van der Waals surface area contributed by atoms with Crippen molar-refractivity contribution in [3.8, 4) is 11.5 Å². The molecule has 0 aliphatic rings. The fourth-order valence-corrected chi connectivity index (χ4v) is 1.87. The van der Waals surface area contributed by atoms with Gasteiger partial charge in [-0.05, 0) is 11.8 Å². The Morgan fingerprint density at radius 1 is 0.864 bits per heavy atom. The molecule has 2 atom stereocenters. The molecule has 6 heteroatoms. The zero-order chi connectivity index (χ0) is 16.5. The molecule has 0 aliphatic carbocycles. The van der Waals surface area contributed by atoms with E-state index in [1.807, 2.05) is 26.0 Å². The van der Waals surface area contributed by atoms with Gasteiger partial charge < -0.3 is 30.3 Å². The van der Waals surface area contributed by atoms with E-state index < -0.39 is 0 Å². The highest BCUT2D eigenvalue weighted by Crippen LogP contribution is 2.36. The molecule has 0 saturated carbocycles. The van der Waals surface area contributed by atoms with Gasteiger partial charge in [0.15, 0.2) is 11.5 Å². The number of benzene rings is 1. The van der Waals surface area contributed by atoms with Gasteiger partial charge in [-0.3, -0.25) is 0 Å². The van der Waals surface area contributed by atoms with E-state index in [0.717, 1.165) is 11.4 Å². The first-order valence-corrected chi connectivity index (χ1v) is 7.51. The summed E-state index contributed by atoms with van der Waals surface area (Å²) >= 11 is 0. The van der Waals surface area contributed by atoms with Crippen LogP contribution in [0.4, 0.5) is 11.4 Å². The minimum Gasteiger partial charge on any atom is -0.493 e. The standard InChI is InChI=1S/C16H28N2O4/c1-11(9-19)7-17-13-5-15(21-3)16(22-4)6-14(13)18-8-12(2)10-20/h5-6,11-12,17-20H,7-10H2,1-4H3. The topological polar surface area (TPSA) is 83.0 Å². The van der Waals surface area contributed by atoms with Gasteiger partial charge >= 0.3 is 0 Å². The van der Waals surface area contributed by atoms with Crippen LogP contribution < -0.4 is 20.1 Å². The van der Waals surface area contributed by atoms with E-state index in [4.69, 9.17) is 19.7 Å². The summed E-state index contributed by atoms with van der Waals surface area (Å²) in [6.45, 7) is 5.49. The van der Waals surface area contributed by atoms with E-state index in [0.29, 0.717) is 24.6 Å². The Morgan fingerprint density at radius 2 is 1.23 bits per heavy atom. The predicted octanol–water partition coefficient (Wildman–Crippen LogP) is 1.78. The minimum atomic E-state index is 0.130. The van der Waals surface area contributed by atoms with Gasteiger partial charge in [-0.15, -0.1) is 0 Å². The molecule has 0 heterocycles. The van der Waals surface area contributed by atoms with E-state index in [-0.39, 0.29) is 25.0 Å². The SMILES string of the molecule is COc1cc(NCC(C)CO)c(NCC(C)CO)cc1OC. The molecule has 6 nitrogen and oxygen atoms in total. The fourth-order valence-electron chi connectivity index (χ4n) is 1.87. The van der Waals surface area contributed by atoms with E-state index in [1.54, 1.807) is 14.2 Å². The normalized spacial score (nSPS) is 13.4. The van der Waals surface area contributed by atoms with Crippen LogP contribution in [0.15, 0.2) is 12.1 Å². The van der Waals surface area contributed by atoms with Gasteiger partial charge in [0.05, 0.1) is 25.6 Å². The second-order valence-electron chi connectivity index (χ2n) is 5.59. The lowest BCUT2D eigenvalue weighted by atomic mass is 10.1. The van der Waals surface area contributed by atoms with Crippen molar-refractivity contribution in [1.29, 1.82) is 0 Å². The van der Waals surface area contributed by atoms with Crippen LogP contribution in [-0.2, 0) is 0 Å². The number of rotatable bonds is 10. The lowest BCUT2D eigenvalue weighted by Crippen LogP contribution is -2.18. The number of aliphatic hydroxyl groups is 2. The van der Waals surface area contributed by atoms with Crippen molar-refractivity contribution in [2.75, 3.05) is 51.2 Å². The monoisotopic (exact) mass is 312 g/mol. The molecular weight excluding hydrogens is 284 g/mol. The van der Waals surface area contributed by atoms with Crippen molar-refractivity contribution in [2.45, 2.75) is 13.8 Å². The number of hydrogen-bond donors (Lipinski definition) is 4. The van der Waals surface area contributed by atoms with Gasteiger partial charge in [-0.25, -0.2) is 0 Å². The molecule has 0 spiro atoms. The van der Waals surface area contributed by atoms with E-state index in [2.05, 4.69) is 10.6 Å². The number of anilines is 2. The number of aliphatic hydroxyl groups excluding tert-OH is 2. The molecule has 1 aromatic carbocycles. The smallest absolute Gasteiger partial charge is 0.162 e. The maximum Gasteiger partial charge on any atom is 0.162 e. The highest BCUT2D eigenvalue weighted by Gasteiger charge is 2.12. The summed E-state index contributed by atoms with van der Waals surface area (Å²) in [4.78, 5) is 0. The maximum atomic E-state index is 9.14. The van der Waals surface area contributed by atoms with Crippen molar-refractivity contribution in [1.82, 2.24) is 0 Å². The quantitative estimate of drug-likeness (QED) is 0.527. The molecular formula is C16H28N2O4. The summed E-state index contributed by atoms with van der Waals surface area (Å²) in [7, 11) is 3.19. The average Bonchev–Trinajstić information content (AvgIpc) is 2.56. The second kappa shape index (κ2) is 9.38. The van der Waals surface area contributed by atoms with Crippen molar-refractivity contribution in [3.05, 3.63) is 12.1 Å². The Morgan fingerprint density at radius 3 is 1.50 bits per heavy atom. The molecule has 2 unspecified atom stereocenters. The van der Waals surface area contributed by atoms with Gasteiger partial charge in [0, 0.05) is 38.4 Å². The molecule has 0 radical (unpaired) electrons. The Labute approximate surface area is 132 Å². The molecule has 0 saturated heterocycles. The third-order valence-corrected chi connectivity index (χ3v) is 3.43. The van der Waals surface area contributed by atoms with Crippen LogP contribution in [0.5, 0.6) is 11.5 Å². The lowest BCUT2D eigenvalue weighted by Gasteiger charge is -2.20. The highest BCUT2D eigenvalue weighted by atomic mass is 16.5. The highest BCUT2D eigenvalue weighted by molar-refractivity contribution is 5.74. The molecule has 0 bridgehead atoms. The van der Waals surface area contributed by atoms with Crippen molar-refractivity contribution < 1.29 is 19.7 Å². The molecule has 4 N–H and O–H groups in total. The molecule has 1 aromatic rings. The molecule has 0 aromatic heterocycles. The van der Waals surface area contributed by atoms with Gasteiger partial charge in [-0.1, -0.05) is 13.8 Å². The summed E-state index contributed by atoms with van der Waals surface area (Å²) in [5.41, 5.74) is 1.76. The van der Waals surface area contributed by atoms with Crippen LogP contribution in [0.1, 0.15) is 13.8 Å². The number of methoxy groups -OCH3 is 2. The maximum absolute atomic E-state index is 9.14. The Bertz CT molecular complexity index is 413. The largest absolute Gasteiger partial charge is 0.493 e. The zero-order valence-corrected chi connectivity index (χ0v) is 13.8. The predicted molar refractivity (Wildman–Crippen MR) is 89.0 cm³/mol. The third-order valence-electron chi connectivity index (χ3n) is 3.43. The second-order valence-corrected chi connectivity index (χ2v) is 5.59. The van der Waals surface area contributed by atoms with Crippen molar-refractivity contribution in [3.63, 3.8) is 0 Å². The van der Waals surface area contributed by atoms with Crippen LogP contribution in [-0.4, -0.2) is 50.7 Å². The minimum absolute atomic E-state index is 0.130. The molecule has 1 rings (SSSR count). The molecule has 126 valence electrons. The van der Waals surface area contributed by atoms with Gasteiger partial charge in [0.2, 0.25) is 0 Å². The van der Waals surface area contributed by atoms with E-state index in [9.17, 15) is 0 Å². The summed E-state index contributed by atoms with van der Waals surface area (Å²) in [5.74, 6) is 1.58. The van der Waals surface area contributed by atoms with Crippen LogP contribution in [0.3, 0.4) is 0 Å². The first-order chi connectivity index (χ1) is 10.5. The molecule has 0 fully saturated rings. The first kappa shape index (κ1) is 18.4. The average molecular weight is 312 g/mol. The molecule has 0 amide bonds. The first-order valence-electron chi connectivity index (χ1n) is 7.51. The van der Waals surface area contributed by atoms with Crippen molar-refractivity contribution >= 4 is 11.4 Å². The number of nitrogens with one attached hydrogen (secondary N) is 2. The van der Waals surface area contributed by atoms with Crippen molar-refractivity contribution in [2.24, 2.45) is 11.8 Å². The molecule has 22 heavy (non-hydrogen) atoms. The van der Waals surface area contributed by atoms with Gasteiger partial charge in [0.1, 0.15) is 0 Å². The van der Waals surface area contributed by atoms with Crippen LogP contribution in [0, 0.1) is 11.8 Å². The third kappa shape index (κ3) is 5.27.